The molecule has 1 aliphatic carbocycles. The number of fused-ring (bicyclic) bond motifs is 1. The molecule has 2 aromatic rings. The number of rotatable bonds is 1. The second-order valence-corrected chi connectivity index (χ2v) is 4.62. The van der Waals surface area contributed by atoms with Crippen LogP contribution in [0.4, 0.5) is 0 Å². The van der Waals surface area contributed by atoms with Crippen molar-refractivity contribution in [3.63, 3.8) is 0 Å². The molecule has 0 radical (unpaired) electrons. The predicted molar refractivity (Wildman–Crippen MR) is 91.1 cm³/mol. The van der Waals surface area contributed by atoms with Crippen LogP contribution in [0.2, 0.25) is 0 Å². The van der Waals surface area contributed by atoms with Gasteiger partial charge in [-0.2, -0.15) is 0 Å². The van der Waals surface area contributed by atoms with Crippen molar-refractivity contribution in [3.8, 4) is 0 Å². The lowest BCUT2D eigenvalue weighted by atomic mass is 9.90. The van der Waals surface area contributed by atoms with E-state index < -0.39 is 0 Å². The molecule has 0 heterocycles. The van der Waals surface area contributed by atoms with Crippen molar-refractivity contribution >= 4 is 5.78 Å². The van der Waals surface area contributed by atoms with Gasteiger partial charge in [-0.05, 0) is 23.6 Å². The van der Waals surface area contributed by atoms with Gasteiger partial charge in [0.05, 0.1) is 0 Å². The van der Waals surface area contributed by atoms with E-state index in [9.17, 15) is 4.79 Å². The third-order valence-electron chi connectivity index (χ3n) is 3.59. The van der Waals surface area contributed by atoms with Crippen LogP contribution in [-0.4, -0.2) is 5.78 Å². The number of carbonyl (C=O) groups is 1. The lowest BCUT2D eigenvalue weighted by molar-refractivity contribution is 0.0991. The Hall–Kier alpha value is -1.89. The fraction of sp³-hybridized carbons (Fsp3) is 0.350. The monoisotopic (exact) mass is 282 g/mol. The van der Waals surface area contributed by atoms with Gasteiger partial charge in [0.2, 0.25) is 0 Å². The highest BCUT2D eigenvalue weighted by Gasteiger charge is 2.30. The number of ketones is 1. The quantitative estimate of drug-likeness (QED) is 0.649. The summed E-state index contributed by atoms with van der Waals surface area (Å²) in [5.74, 6) is 0.522. The molecule has 3 rings (SSSR count). The van der Waals surface area contributed by atoms with Gasteiger partial charge in [-0.15, -0.1) is 0 Å². The van der Waals surface area contributed by atoms with Gasteiger partial charge in [0.1, 0.15) is 0 Å². The summed E-state index contributed by atoms with van der Waals surface area (Å²) in [4.78, 5) is 12.0. The molecule has 0 aromatic heterocycles. The fourth-order valence-electron chi connectivity index (χ4n) is 2.72. The van der Waals surface area contributed by atoms with Crippen LogP contribution in [0, 0.1) is 6.92 Å². The Bertz CT molecular complexity index is 584. The number of aryl methyl sites for hydroxylation is 1. The summed E-state index contributed by atoms with van der Waals surface area (Å²) in [5, 5.41) is 0. The predicted octanol–water partition coefficient (Wildman–Crippen LogP) is 5.77. The molecule has 0 unspecified atom stereocenters. The highest BCUT2D eigenvalue weighted by Crippen LogP contribution is 2.38. The maximum atomic E-state index is 12.0. The summed E-state index contributed by atoms with van der Waals surface area (Å²) < 4.78 is 0. The molecule has 21 heavy (non-hydrogen) atoms. The van der Waals surface area contributed by atoms with E-state index in [0.29, 0.717) is 6.42 Å². The molecule has 0 saturated heterocycles. The van der Waals surface area contributed by atoms with Crippen molar-refractivity contribution in [2.24, 2.45) is 0 Å². The highest BCUT2D eigenvalue weighted by atomic mass is 16.1. The minimum Gasteiger partial charge on any atom is -0.294 e. The first-order valence-corrected chi connectivity index (χ1v) is 7.95. The second-order valence-electron chi connectivity index (χ2n) is 4.62. The van der Waals surface area contributed by atoms with E-state index in [4.69, 9.17) is 0 Å². The van der Waals surface area contributed by atoms with E-state index >= 15 is 0 Å². The van der Waals surface area contributed by atoms with E-state index in [1.165, 1.54) is 16.7 Å². The highest BCUT2D eigenvalue weighted by molar-refractivity contribution is 6.01. The van der Waals surface area contributed by atoms with Crippen molar-refractivity contribution in [1.82, 2.24) is 0 Å². The van der Waals surface area contributed by atoms with Crippen molar-refractivity contribution in [2.45, 2.75) is 47.0 Å². The minimum absolute atomic E-state index is 0.250. The van der Waals surface area contributed by atoms with Crippen LogP contribution < -0.4 is 0 Å². The molecule has 1 atom stereocenters. The Labute approximate surface area is 129 Å². The molecule has 0 N–H and O–H groups in total. The van der Waals surface area contributed by atoms with Gasteiger partial charge in [-0.1, -0.05) is 76.2 Å². The van der Waals surface area contributed by atoms with Crippen LogP contribution in [0.25, 0.3) is 0 Å². The third kappa shape index (κ3) is 3.60. The van der Waals surface area contributed by atoms with E-state index in [0.717, 1.165) is 5.56 Å². The minimum atomic E-state index is 0.250. The standard InChI is InChI=1S/C16H14O.2C2H6/c1-11-6-2-3-7-12(11)15-10-16(17)14-9-5-4-8-13(14)15;2*1-2/h2-9,15H,10H2,1H3;2*1-2H3/t15-;;/m0../s1. The topological polar surface area (TPSA) is 17.1 Å². The summed E-state index contributed by atoms with van der Waals surface area (Å²) in [6.45, 7) is 10.1. The SMILES string of the molecule is CC.CC.Cc1ccccc1[C@@H]1CC(=O)c2ccccc21. The van der Waals surface area contributed by atoms with E-state index in [1.807, 2.05) is 58.0 Å². The zero-order chi connectivity index (χ0) is 15.8. The van der Waals surface area contributed by atoms with Crippen LogP contribution in [-0.2, 0) is 0 Å². The molecule has 1 nitrogen and oxygen atoms in total. The average molecular weight is 282 g/mol. The molecule has 1 aliphatic rings. The largest absolute Gasteiger partial charge is 0.294 e. The second kappa shape index (κ2) is 8.41. The number of benzene rings is 2. The molecule has 0 spiro atoms. The van der Waals surface area contributed by atoms with Crippen molar-refractivity contribution in [2.75, 3.05) is 0 Å². The smallest absolute Gasteiger partial charge is 0.164 e. The molecule has 1 heteroatoms. The van der Waals surface area contributed by atoms with Gasteiger partial charge >= 0.3 is 0 Å². The van der Waals surface area contributed by atoms with Gasteiger partial charge in [-0.25, -0.2) is 0 Å². The molecule has 0 amide bonds. The zero-order valence-electron chi connectivity index (χ0n) is 13.8. The Balaban J connectivity index is 0.000000510. The summed E-state index contributed by atoms with van der Waals surface area (Å²) >= 11 is 0. The first kappa shape index (κ1) is 17.2. The molecule has 0 aliphatic heterocycles. The van der Waals surface area contributed by atoms with Gasteiger partial charge in [-0.3, -0.25) is 4.79 Å². The van der Waals surface area contributed by atoms with Crippen LogP contribution >= 0.6 is 0 Å². The first-order chi connectivity index (χ1) is 10.3. The maximum absolute atomic E-state index is 12.0. The third-order valence-corrected chi connectivity index (χ3v) is 3.59. The van der Waals surface area contributed by atoms with Gasteiger partial charge in [0, 0.05) is 17.9 Å². The molecular formula is C20H26O. The number of hydrogen-bond acceptors (Lipinski definition) is 1. The molecule has 0 saturated carbocycles. The summed E-state index contributed by atoms with van der Waals surface area (Å²) in [6.07, 6.45) is 0.615. The molecule has 2 aromatic carbocycles. The summed E-state index contributed by atoms with van der Waals surface area (Å²) in [7, 11) is 0. The lowest BCUT2D eigenvalue weighted by Gasteiger charge is -2.13. The summed E-state index contributed by atoms with van der Waals surface area (Å²) in [5.41, 5.74) is 4.64. The average Bonchev–Trinajstić information content (AvgIpc) is 2.89. The zero-order valence-corrected chi connectivity index (χ0v) is 13.8. The van der Waals surface area contributed by atoms with Gasteiger partial charge < -0.3 is 0 Å². The van der Waals surface area contributed by atoms with Crippen LogP contribution in [0.15, 0.2) is 48.5 Å². The normalized spacial score (nSPS) is 15.3. The number of Topliss-reactive ketones (excluding diaryl/α,β-unsaturated/α-hetero) is 1. The van der Waals surface area contributed by atoms with Gasteiger partial charge in [0.25, 0.3) is 0 Å². The van der Waals surface area contributed by atoms with E-state index in [2.05, 4.69) is 25.1 Å². The first-order valence-electron chi connectivity index (χ1n) is 7.95. The van der Waals surface area contributed by atoms with Crippen molar-refractivity contribution < 1.29 is 4.79 Å². The van der Waals surface area contributed by atoms with Crippen LogP contribution in [0.1, 0.15) is 67.1 Å². The van der Waals surface area contributed by atoms with Crippen molar-refractivity contribution in [3.05, 3.63) is 70.8 Å². The van der Waals surface area contributed by atoms with Crippen molar-refractivity contribution in [1.29, 1.82) is 0 Å². The van der Waals surface area contributed by atoms with E-state index in [1.54, 1.807) is 0 Å². The Morgan fingerprint density at radius 3 is 1.95 bits per heavy atom. The Morgan fingerprint density at radius 1 is 0.810 bits per heavy atom. The molecular weight excluding hydrogens is 256 g/mol. The van der Waals surface area contributed by atoms with Crippen LogP contribution in [0.3, 0.4) is 0 Å². The molecule has 112 valence electrons. The molecule has 0 fully saturated rings. The number of carbonyl (C=O) groups excluding carboxylic acids is 1. The fourth-order valence-corrected chi connectivity index (χ4v) is 2.72. The van der Waals surface area contributed by atoms with E-state index in [-0.39, 0.29) is 11.7 Å². The lowest BCUT2D eigenvalue weighted by Crippen LogP contribution is -1.99. The Morgan fingerprint density at radius 2 is 1.33 bits per heavy atom. The number of hydrogen-bond donors (Lipinski definition) is 0. The summed E-state index contributed by atoms with van der Waals surface area (Å²) in [6, 6.07) is 16.3. The maximum Gasteiger partial charge on any atom is 0.164 e. The van der Waals surface area contributed by atoms with Gasteiger partial charge in [0.15, 0.2) is 5.78 Å². The van der Waals surface area contributed by atoms with Crippen LogP contribution in [0.5, 0.6) is 0 Å². The molecule has 0 bridgehead atoms. The Kier molecular flexibility index (Phi) is 6.87.